The first-order valence-corrected chi connectivity index (χ1v) is 6.64. The Bertz CT molecular complexity index is 571. The van der Waals surface area contributed by atoms with E-state index in [4.69, 9.17) is 16.3 Å². The molecule has 1 aromatic carbocycles. The van der Waals surface area contributed by atoms with Crippen molar-refractivity contribution in [3.63, 3.8) is 0 Å². The Morgan fingerprint density at radius 3 is 2.94 bits per heavy atom. The fourth-order valence-electron chi connectivity index (χ4n) is 1.19. The molecule has 0 aliphatic rings. The maximum Gasteiger partial charge on any atom is 0.280 e. The van der Waals surface area contributed by atoms with E-state index in [1.54, 1.807) is 0 Å². The van der Waals surface area contributed by atoms with Gasteiger partial charge in [0.25, 0.3) is 5.19 Å². The second-order valence-corrected chi connectivity index (χ2v) is 5.53. The molecule has 0 atom stereocenters. The summed E-state index contributed by atoms with van der Waals surface area (Å²) in [6.07, 6.45) is 0.667. The van der Waals surface area contributed by atoms with Crippen molar-refractivity contribution in [3.05, 3.63) is 38.3 Å². The Morgan fingerprint density at radius 2 is 2.29 bits per heavy atom. The highest BCUT2D eigenvalue weighted by Crippen LogP contribution is 2.33. The zero-order chi connectivity index (χ0) is 12.4. The Kier molecular flexibility index (Phi) is 3.81. The average Bonchev–Trinajstić information content (AvgIpc) is 2.64. The molecule has 0 saturated heterocycles. The molecular formula is C11H7BrClNO2S. The number of hydrogen-bond donors (Lipinski definition) is 0. The highest BCUT2D eigenvalue weighted by Gasteiger charge is 2.11. The molecule has 0 bridgehead atoms. The second-order valence-electron chi connectivity index (χ2n) is 3.26. The van der Waals surface area contributed by atoms with Crippen molar-refractivity contribution in [1.82, 2.24) is 4.98 Å². The van der Waals surface area contributed by atoms with E-state index < -0.39 is 0 Å². The first-order chi connectivity index (χ1) is 8.10. The molecule has 2 rings (SSSR count). The van der Waals surface area contributed by atoms with Gasteiger partial charge in [0.15, 0.2) is 11.4 Å². The summed E-state index contributed by atoms with van der Waals surface area (Å²) in [4.78, 5) is 15.0. The van der Waals surface area contributed by atoms with E-state index in [2.05, 4.69) is 20.9 Å². The van der Waals surface area contributed by atoms with Gasteiger partial charge >= 0.3 is 0 Å². The van der Waals surface area contributed by atoms with E-state index in [1.807, 2.05) is 25.1 Å². The Labute approximate surface area is 116 Å². The van der Waals surface area contributed by atoms with Crippen LogP contribution in [-0.4, -0.2) is 11.3 Å². The van der Waals surface area contributed by atoms with Gasteiger partial charge in [-0.05, 0) is 24.6 Å². The van der Waals surface area contributed by atoms with Crippen LogP contribution in [0.2, 0.25) is 5.15 Å². The maximum absolute atomic E-state index is 10.6. The van der Waals surface area contributed by atoms with Crippen LogP contribution in [0.15, 0.2) is 22.7 Å². The number of thiazole rings is 1. The van der Waals surface area contributed by atoms with Gasteiger partial charge in [0, 0.05) is 4.47 Å². The molecule has 1 aromatic heterocycles. The first kappa shape index (κ1) is 12.5. The Balaban J connectivity index is 2.30. The molecule has 0 fully saturated rings. The van der Waals surface area contributed by atoms with E-state index in [1.165, 1.54) is 0 Å². The van der Waals surface area contributed by atoms with Crippen molar-refractivity contribution >= 4 is 45.2 Å². The summed E-state index contributed by atoms with van der Waals surface area (Å²) >= 11 is 10.2. The highest BCUT2D eigenvalue weighted by atomic mass is 79.9. The summed E-state index contributed by atoms with van der Waals surface area (Å²) in [5.41, 5.74) is 0.979. The number of rotatable bonds is 3. The number of carbonyl (C=O) groups is 1. The molecular weight excluding hydrogens is 326 g/mol. The molecule has 0 aliphatic heterocycles. The highest BCUT2D eigenvalue weighted by molar-refractivity contribution is 9.10. The number of aryl methyl sites for hydroxylation is 1. The maximum atomic E-state index is 10.6. The molecule has 6 heteroatoms. The molecule has 2 aromatic rings. The average molecular weight is 333 g/mol. The van der Waals surface area contributed by atoms with Crippen LogP contribution in [0.1, 0.15) is 15.2 Å². The van der Waals surface area contributed by atoms with Gasteiger partial charge in [-0.1, -0.05) is 44.9 Å². The van der Waals surface area contributed by atoms with Crippen molar-refractivity contribution in [2.45, 2.75) is 6.92 Å². The SMILES string of the molecule is Cc1ccc(Br)cc1Oc1nc(Cl)c(C=O)s1. The van der Waals surface area contributed by atoms with Gasteiger partial charge in [0.2, 0.25) is 0 Å². The molecule has 0 unspecified atom stereocenters. The molecule has 17 heavy (non-hydrogen) atoms. The summed E-state index contributed by atoms with van der Waals surface area (Å²) in [6.45, 7) is 1.93. The fraction of sp³-hybridized carbons (Fsp3) is 0.0909. The van der Waals surface area contributed by atoms with E-state index in [-0.39, 0.29) is 5.15 Å². The zero-order valence-electron chi connectivity index (χ0n) is 8.74. The second kappa shape index (κ2) is 5.16. The van der Waals surface area contributed by atoms with Crippen LogP contribution in [-0.2, 0) is 0 Å². The predicted molar refractivity (Wildman–Crippen MR) is 71.5 cm³/mol. The first-order valence-electron chi connectivity index (χ1n) is 4.65. The molecule has 0 radical (unpaired) electrons. The van der Waals surface area contributed by atoms with E-state index >= 15 is 0 Å². The van der Waals surface area contributed by atoms with Crippen LogP contribution in [0.4, 0.5) is 0 Å². The summed E-state index contributed by atoms with van der Waals surface area (Å²) < 4.78 is 6.50. The third-order valence-corrected chi connectivity index (χ3v) is 3.80. The zero-order valence-corrected chi connectivity index (χ0v) is 11.9. The lowest BCUT2D eigenvalue weighted by molar-refractivity contribution is 0.112. The number of halogens is 2. The molecule has 0 N–H and O–H groups in total. The number of benzene rings is 1. The normalized spacial score (nSPS) is 10.3. The van der Waals surface area contributed by atoms with Crippen LogP contribution in [0.3, 0.4) is 0 Å². The Hall–Kier alpha value is -0.910. The van der Waals surface area contributed by atoms with Crippen molar-refractivity contribution in [1.29, 1.82) is 0 Å². The lowest BCUT2D eigenvalue weighted by atomic mass is 10.2. The fourth-order valence-corrected chi connectivity index (χ4v) is 2.45. The van der Waals surface area contributed by atoms with Crippen molar-refractivity contribution in [3.8, 4) is 10.9 Å². The van der Waals surface area contributed by atoms with Gasteiger partial charge < -0.3 is 4.74 Å². The molecule has 1 heterocycles. The minimum absolute atomic E-state index is 0.174. The van der Waals surface area contributed by atoms with Crippen molar-refractivity contribution in [2.24, 2.45) is 0 Å². The molecule has 3 nitrogen and oxygen atoms in total. The van der Waals surface area contributed by atoms with Crippen LogP contribution < -0.4 is 4.74 Å². The number of hydrogen-bond acceptors (Lipinski definition) is 4. The number of carbonyl (C=O) groups excluding carboxylic acids is 1. The molecule has 0 amide bonds. The number of aromatic nitrogens is 1. The predicted octanol–water partition coefficient (Wildman–Crippen LogP) is 4.47. The van der Waals surface area contributed by atoms with Gasteiger partial charge in [-0.15, -0.1) is 0 Å². The standard InChI is InChI=1S/C11H7BrClNO2S/c1-6-2-3-7(12)4-8(6)16-11-14-10(13)9(5-15)17-11/h2-5H,1H3. The van der Waals surface area contributed by atoms with E-state index in [0.717, 1.165) is 21.4 Å². The van der Waals surface area contributed by atoms with Gasteiger partial charge in [-0.3, -0.25) is 4.79 Å². The summed E-state index contributed by atoms with van der Waals surface area (Å²) in [7, 11) is 0. The molecule has 0 saturated carbocycles. The lowest BCUT2D eigenvalue weighted by Crippen LogP contribution is -1.86. The third-order valence-electron chi connectivity index (χ3n) is 2.04. The van der Waals surface area contributed by atoms with Crippen molar-refractivity contribution < 1.29 is 9.53 Å². The monoisotopic (exact) mass is 331 g/mol. The van der Waals surface area contributed by atoms with Gasteiger partial charge in [0.1, 0.15) is 10.6 Å². The quantitative estimate of drug-likeness (QED) is 0.778. The molecule has 0 aliphatic carbocycles. The van der Waals surface area contributed by atoms with Crippen LogP contribution in [0, 0.1) is 6.92 Å². The van der Waals surface area contributed by atoms with Gasteiger partial charge in [-0.25, -0.2) is 0 Å². The van der Waals surface area contributed by atoms with Crippen LogP contribution in [0.25, 0.3) is 0 Å². The molecule has 0 spiro atoms. The summed E-state index contributed by atoms with van der Waals surface area (Å²) in [5.74, 6) is 0.683. The van der Waals surface area contributed by atoms with Crippen LogP contribution >= 0.6 is 38.9 Å². The summed E-state index contributed by atoms with van der Waals surface area (Å²) in [6, 6.07) is 5.69. The van der Waals surface area contributed by atoms with Gasteiger partial charge in [-0.2, -0.15) is 4.98 Å². The van der Waals surface area contributed by atoms with E-state index in [0.29, 0.717) is 22.1 Å². The number of nitrogens with zero attached hydrogens (tertiary/aromatic N) is 1. The van der Waals surface area contributed by atoms with Gasteiger partial charge in [0.05, 0.1) is 0 Å². The number of aldehydes is 1. The largest absolute Gasteiger partial charge is 0.431 e. The topological polar surface area (TPSA) is 39.2 Å². The Morgan fingerprint density at radius 1 is 1.53 bits per heavy atom. The summed E-state index contributed by atoms with van der Waals surface area (Å²) in [5, 5.41) is 0.533. The van der Waals surface area contributed by atoms with E-state index in [9.17, 15) is 4.79 Å². The smallest absolute Gasteiger partial charge is 0.280 e. The number of ether oxygens (including phenoxy) is 1. The van der Waals surface area contributed by atoms with Crippen LogP contribution in [0.5, 0.6) is 10.9 Å². The molecule has 88 valence electrons. The van der Waals surface area contributed by atoms with Crippen molar-refractivity contribution in [2.75, 3.05) is 0 Å². The third kappa shape index (κ3) is 2.86. The minimum Gasteiger partial charge on any atom is -0.431 e. The minimum atomic E-state index is 0.174. The lowest BCUT2D eigenvalue weighted by Gasteiger charge is -2.05.